The highest BCUT2D eigenvalue weighted by atomic mass is 32.2. The molecule has 0 bridgehead atoms. The van der Waals surface area contributed by atoms with Crippen molar-refractivity contribution in [1.29, 1.82) is 0 Å². The van der Waals surface area contributed by atoms with Crippen molar-refractivity contribution in [2.75, 3.05) is 18.2 Å². The summed E-state index contributed by atoms with van der Waals surface area (Å²) in [5.41, 5.74) is 6.01. The van der Waals surface area contributed by atoms with Gasteiger partial charge in [0.05, 0.1) is 4.90 Å². The van der Waals surface area contributed by atoms with Gasteiger partial charge in [0.1, 0.15) is 4.38 Å². The van der Waals surface area contributed by atoms with Crippen molar-refractivity contribution in [3.8, 4) is 0 Å². The van der Waals surface area contributed by atoms with E-state index in [2.05, 4.69) is 4.40 Å². The minimum absolute atomic E-state index is 0.155. The molecule has 16 heavy (non-hydrogen) atoms. The van der Waals surface area contributed by atoms with Gasteiger partial charge >= 0.3 is 0 Å². The van der Waals surface area contributed by atoms with Crippen LogP contribution in [0.3, 0.4) is 0 Å². The van der Waals surface area contributed by atoms with Crippen LogP contribution in [-0.4, -0.2) is 25.3 Å². The topological polar surface area (TPSA) is 72.5 Å². The fourth-order valence-electron chi connectivity index (χ4n) is 0.948. The first-order chi connectivity index (χ1) is 7.49. The first kappa shape index (κ1) is 13.4. The van der Waals surface area contributed by atoms with E-state index in [4.69, 9.17) is 5.73 Å². The minimum Gasteiger partial charge on any atom is -0.399 e. The average Bonchev–Trinajstić information content (AvgIpc) is 2.26. The summed E-state index contributed by atoms with van der Waals surface area (Å²) in [5, 5.41) is 0. The van der Waals surface area contributed by atoms with Crippen LogP contribution in [0.5, 0.6) is 0 Å². The maximum absolute atomic E-state index is 11.8. The molecule has 0 radical (unpaired) electrons. The second-order valence-electron chi connectivity index (χ2n) is 2.81. The molecule has 1 aromatic rings. The van der Waals surface area contributed by atoms with Gasteiger partial charge in [-0.25, -0.2) is 0 Å². The molecule has 0 fully saturated rings. The number of rotatable bonds is 2. The van der Waals surface area contributed by atoms with E-state index in [0.717, 1.165) is 0 Å². The van der Waals surface area contributed by atoms with Gasteiger partial charge in [-0.3, -0.25) is 0 Å². The summed E-state index contributed by atoms with van der Waals surface area (Å²) < 4.78 is 27.9. The number of nitrogens with two attached hydrogens (primary N) is 1. The molecule has 88 valence electrons. The Morgan fingerprint density at radius 1 is 1.19 bits per heavy atom. The highest BCUT2D eigenvalue weighted by Gasteiger charge is 2.13. The van der Waals surface area contributed by atoms with E-state index in [1.807, 2.05) is 0 Å². The summed E-state index contributed by atoms with van der Waals surface area (Å²) in [6.07, 6.45) is 3.57. The normalized spacial score (nSPS) is 11.1. The molecule has 7 heteroatoms. The number of sulfonamides is 1. The van der Waals surface area contributed by atoms with Gasteiger partial charge in [-0.15, -0.1) is 27.9 Å². The lowest BCUT2D eigenvalue weighted by atomic mass is 10.3. The van der Waals surface area contributed by atoms with E-state index < -0.39 is 10.0 Å². The predicted molar refractivity (Wildman–Crippen MR) is 72.5 cm³/mol. The molecule has 4 nitrogen and oxygen atoms in total. The number of nitrogens with zero attached hydrogens (tertiary/aromatic N) is 1. The zero-order valence-corrected chi connectivity index (χ0v) is 11.3. The second kappa shape index (κ2) is 5.60. The molecule has 0 aromatic heterocycles. The van der Waals surface area contributed by atoms with Crippen LogP contribution in [0.15, 0.2) is 33.6 Å². The van der Waals surface area contributed by atoms with Crippen LogP contribution in [0.4, 0.5) is 5.69 Å². The first-order valence-corrected chi connectivity index (χ1v) is 8.17. The van der Waals surface area contributed by atoms with Crippen molar-refractivity contribution >= 4 is 43.6 Å². The molecule has 1 rings (SSSR count). The molecule has 0 spiro atoms. The zero-order valence-electron chi connectivity index (χ0n) is 8.88. The van der Waals surface area contributed by atoms with Crippen LogP contribution in [0, 0.1) is 0 Å². The van der Waals surface area contributed by atoms with Crippen molar-refractivity contribution in [2.24, 2.45) is 4.40 Å². The highest BCUT2D eigenvalue weighted by Crippen LogP contribution is 2.19. The lowest BCUT2D eigenvalue weighted by Crippen LogP contribution is -2.00. The van der Waals surface area contributed by atoms with Gasteiger partial charge in [-0.05, 0) is 36.8 Å². The van der Waals surface area contributed by atoms with E-state index in [1.54, 1.807) is 24.6 Å². The SMILES string of the molecule is CSC(=NS(=O)(=O)c1ccc(N)cc1)SC. The lowest BCUT2D eigenvalue weighted by molar-refractivity contribution is 0.598. The molecule has 0 unspecified atom stereocenters. The fraction of sp³-hybridized carbons (Fsp3) is 0.222. The lowest BCUT2D eigenvalue weighted by Gasteiger charge is -2.01. The Morgan fingerprint density at radius 3 is 2.12 bits per heavy atom. The Balaban J connectivity index is 3.12. The Hall–Kier alpha value is -0.660. The third kappa shape index (κ3) is 3.43. The van der Waals surface area contributed by atoms with Gasteiger partial charge in [0.25, 0.3) is 10.0 Å². The molecular formula is C9H12N2O2S3. The number of anilines is 1. The summed E-state index contributed by atoms with van der Waals surface area (Å²) in [6, 6.07) is 5.99. The van der Waals surface area contributed by atoms with Crippen molar-refractivity contribution in [3.63, 3.8) is 0 Å². The van der Waals surface area contributed by atoms with Gasteiger partial charge in [0.2, 0.25) is 0 Å². The molecule has 1 aromatic carbocycles. The Kier molecular flexibility index (Phi) is 4.69. The maximum Gasteiger partial charge on any atom is 0.283 e. The van der Waals surface area contributed by atoms with Crippen LogP contribution in [0.1, 0.15) is 0 Å². The predicted octanol–water partition coefficient (Wildman–Crippen LogP) is 2.04. The van der Waals surface area contributed by atoms with E-state index >= 15 is 0 Å². The maximum atomic E-state index is 11.8. The van der Waals surface area contributed by atoms with Gasteiger partial charge in [0, 0.05) is 5.69 Å². The molecular weight excluding hydrogens is 264 g/mol. The quantitative estimate of drug-likeness (QED) is 0.508. The Labute approximate surface area is 104 Å². The van der Waals surface area contributed by atoms with Gasteiger partial charge < -0.3 is 5.73 Å². The molecule has 0 heterocycles. The Morgan fingerprint density at radius 2 is 1.69 bits per heavy atom. The number of nitrogen functional groups attached to an aromatic ring is 1. The number of benzene rings is 1. The Bertz CT molecular complexity index is 474. The fourth-order valence-corrected chi connectivity index (χ4v) is 3.58. The molecule has 0 aliphatic carbocycles. The number of hydrogen-bond acceptors (Lipinski definition) is 5. The molecule has 0 saturated carbocycles. The smallest absolute Gasteiger partial charge is 0.283 e. The van der Waals surface area contributed by atoms with Crippen molar-refractivity contribution in [2.45, 2.75) is 4.90 Å². The van der Waals surface area contributed by atoms with Crippen LogP contribution in [0.25, 0.3) is 0 Å². The minimum atomic E-state index is -3.61. The average molecular weight is 276 g/mol. The summed E-state index contributed by atoms with van der Waals surface area (Å²) in [7, 11) is -3.61. The van der Waals surface area contributed by atoms with Crippen LogP contribution >= 0.6 is 23.5 Å². The summed E-state index contributed by atoms with van der Waals surface area (Å²) in [6.45, 7) is 0. The van der Waals surface area contributed by atoms with Crippen molar-refractivity contribution < 1.29 is 8.42 Å². The van der Waals surface area contributed by atoms with Crippen LogP contribution in [0.2, 0.25) is 0 Å². The summed E-state index contributed by atoms with van der Waals surface area (Å²) >= 11 is 2.61. The monoisotopic (exact) mass is 276 g/mol. The van der Waals surface area contributed by atoms with Gasteiger partial charge in [-0.2, -0.15) is 8.42 Å². The highest BCUT2D eigenvalue weighted by molar-refractivity contribution is 8.38. The third-order valence-electron chi connectivity index (χ3n) is 1.72. The summed E-state index contributed by atoms with van der Waals surface area (Å²) in [4.78, 5) is 0.155. The number of hydrogen-bond donors (Lipinski definition) is 1. The molecule has 0 aliphatic rings. The molecule has 0 atom stereocenters. The second-order valence-corrected chi connectivity index (χ2v) is 6.26. The standard InChI is InChI=1S/C9H12N2O2S3/c1-14-9(15-2)11-16(12,13)8-5-3-7(10)4-6-8/h3-6H,10H2,1-2H3. The van der Waals surface area contributed by atoms with Crippen molar-refractivity contribution in [3.05, 3.63) is 24.3 Å². The number of thioether (sulfide) groups is 2. The van der Waals surface area contributed by atoms with E-state index in [0.29, 0.717) is 10.1 Å². The molecule has 0 amide bonds. The molecule has 2 N–H and O–H groups in total. The first-order valence-electron chi connectivity index (χ1n) is 4.28. The van der Waals surface area contributed by atoms with Gasteiger partial charge in [0.15, 0.2) is 0 Å². The van der Waals surface area contributed by atoms with E-state index in [-0.39, 0.29) is 4.90 Å². The van der Waals surface area contributed by atoms with E-state index in [1.165, 1.54) is 35.7 Å². The summed E-state index contributed by atoms with van der Waals surface area (Å²) in [5.74, 6) is 0. The molecule has 0 aliphatic heterocycles. The van der Waals surface area contributed by atoms with Crippen LogP contribution < -0.4 is 5.73 Å². The molecule has 0 saturated heterocycles. The van der Waals surface area contributed by atoms with Crippen molar-refractivity contribution in [1.82, 2.24) is 0 Å². The van der Waals surface area contributed by atoms with Crippen LogP contribution in [-0.2, 0) is 10.0 Å². The largest absolute Gasteiger partial charge is 0.399 e. The third-order valence-corrected chi connectivity index (χ3v) is 5.12. The van der Waals surface area contributed by atoms with E-state index in [9.17, 15) is 8.42 Å². The zero-order chi connectivity index (χ0) is 12.2. The van der Waals surface area contributed by atoms with Gasteiger partial charge in [-0.1, -0.05) is 0 Å².